The van der Waals surface area contributed by atoms with Gasteiger partial charge in [-0.05, 0) is 19.3 Å². The molecule has 0 saturated carbocycles. The minimum absolute atomic E-state index is 0.307. The summed E-state index contributed by atoms with van der Waals surface area (Å²) in [6.07, 6.45) is 64.2. The van der Waals surface area contributed by atoms with Gasteiger partial charge in [-0.3, -0.25) is 0 Å². The van der Waals surface area contributed by atoms with Crippen molar-refractivity contribution in [3.63, 3.8) is 0 Å². The van der Waals surface area contributed by atoms with E-state index in [-0.39, 0.29) is 7.36 Å². The van der Waals surface area contributed by atoms with Gasteiger partial charge in [-0.15, -0.1) is 14.7 Å². The Bertz CT molecular complexity index is 739. The maximum atomic E-state index is 5.68. The molecule has 6 nitrogen and oxygen atoms in total. The molecule has 378 valence electrons. The number of hydrogen-bond acceptors (Lipinski definition) is 7. The van der Waals surface area contributed by atoms with Crippen molar-refractivity contribution >= 4 is 19.2 Å². The molecule has 0 aromatic carbocycles. The smallest absolute Gasteiger partial charge is 0.228 e. The van der Waals surface area contributed by atoms with E-state index in [2.05, 4.69) is 20.8 Å². The lowest BCUT2D eigenvalue weighted by Crippen LogP contribution is -2.34. The van der Waals surface area contributed by atoms with Crippen LogP contribution in [0.15, 0.2) is 0 Å². The van der Waals surface area contributed by atoms with Gasteiger partial charge < -0.3 is 0 Å². The summed E-state index contributed by atoms with van der Waals surface area (Å²) in [6.45, 7) is 8.27. The fraction of sp³-hybridized carbons (Fsp3) is 1.00. The Morgan fingerprint density at radius 2 is 0.381 bits per heavy atom. The van der Waals surface area contributed by atoms with Gasteiger partial charge in [-0.1, -0.05) is 310 Å². The Labute approximate surface area is 401 Å². The van der Waals surface area contributed by atoms with Crippen molar-refractivity contribution in [1.29, 1.82) is 0 Å². The summed E-state index contributed by atoms with van der Waals surface area (Å²) in [4.78, 5) is 33.9. The lowest BCUT2D eigenvalue weighted by atomic mass is 10.0. The molecule has 0 N–H and O–H groups in total. The minimum Gasteiger partial charge on any atom is -0.228 e. The lowest BCUT2D eigenvalue weighted by molar-refractivity contribution is -0.596. The van der Waals surface area contributed by atoms with Gasteiger partial charge in [-0.2, -0.15) is 0 Å². The van der Waals surface area contributed by atoms with Crippen LogP contribution < -0.4 is 0 Å². The van der Waals surface area contributed by atoms with Gasteiger partial charge in [0.25, 0.3) is 7.36 Å². The minimum atomic E-state index is -1.67. The number of rotatable bonds is 58. The average Bonchev–Trinajstić information content (AvgIpc) is 3.30. The van der Waals surface area contributed by atoms with Gasteiger partial charge in [0, 0.05) is 0 Å². The summed E-state index contributed by atoms with van der Waals surface area (Å²) in [5.41, 5.74) is -1.67. The van der Waals surface area contributed by atoms with Gasteiger partial charge in [-0.25, -0.2) is 14.7 Å². The second-order valence-electron chi connectivity index (χ2n) is 19.3. The van der Waals surface area contributed by atoms with Crippen LogP contribution >= 0.6 is 7.36 Å². The van der Waals surface area contributed by atoms with Crippen LogP contribution in [0.1, 0.15) is 329 Å². The van der Waals surface area contributed by atoms with Crippen LogP contribution in [-0.4, -0.2) is 25.5 Å². The summed E-state index contributed by atoms with van der Waals surface area (Å²) in [6, 6.07) is 0. The molecule has 0 rings (SSSR count). The van der Waals surface area contributed by atoms with E-state index in [9.17, 15) is 0 Å². The van der Waals surface area contributed by atoms with Crippen molar-refractivity contribution < 1.29 is 29.3 Å². The Morgan fingerprint density at radius 3 is 0.524 bits per heavy atom. The molecular weight excluding hydrogens is 820 g/mol. The van der Waals surface area contributed by atoms with Crippen LogP contribution in [0.25, 0.3) is 0 Å². The molecule has 8 heteroatoms. The van der Waals surface area contributed by atoms with E-state index < -0.39 is 5.71 Å². The van der Waals surface area contributed by atoms with E-state index >= 15 is 0 Å². The van der Waals surface area contributed by atoms with Gasteiger partial charge in [0.15, 0.2) is 11.8 Å². The van der Waals surface area contributed by atoms with Crippen LogP contribution in [0.4, 0.5) is 0 Å². The summed E-state index contributed by atoms with van der Waals surface area (Å²) in [5.74, 6) is 0. The summed E-state index contributed by atoms with van der Waals surface area (Å²) in [7, 11) is -0.307. The highest BCUT2D eigenvalue weighted by molar-refractivity contribution is 7.96. The monoisotopic (exact) mass is 932 g/mol. The highest BCUT2D eigenvalue weighted by atomic mass is 32.4. The third-order valence-electron chi connectivity index (χ3n) is 12.9. The molecule has 0 heterocycles. The first kappa shape index (κ1) is 63.3. The summed E-state index contributed by atoms with van der Waals surface area (Å²) >= 11 is 5.46. The second-order valence-corrected chi connectivity index (χ2v) is 20.7. The normalized spacial score (nSPS) is 12.0. The number of hydrogen-bond donors (Lipinski definition) is 0. The van der Waals surface area contributed by atoms with Crippen LogP contribution in [0.5, 0.6) is 0 Å². The first-order valence-electron chi connectivity index (χ1n) is 28.6. The van der Waals surface area contributed by atoms with Crippen molar-refractivity contribution in [2.75, 3.05) is 19.8 Å². The van der Waals surface area contributed by atoms with Crippen LogP contribution in [-0.2, 0) is 41.1 Å². The predicted molar refractivity (Wildman–Crippen MR) is 278 cm³/mol. The first-order chi connectivity index (χ1) is 31.2. The summed E-state index contributed by atoms with van der Waals surface area (Å²) in [5, 5.41) is 0. The van der Waals surface area contributed by atoms with E-state index in [1.807, 2.05) is 0 Å². The Morgan fingerprint density at radius 1 is 0.238 bits per heavy atom. The Balaban J connectivity index is 4.19. The molecule has 0 radical (unpaired) electrons. The van der Waals surface area contributed by atoms with E-state index in [0.29, 0.717) is 19.8 Å². The molecule has 0 aliphatic carbocycles. The molecule has 0 spiro atoms. The van der Waals surface area contributed by atoms with Crippen LogP contribution in [0.2, 0.25) is 0 Å². The summed E-state index contributed by atoms with van der Waals surface area (Å²) < 4.78 is 0. The third-order valence-corrected chi connectivity index (χ3v) is 14.1. The van der Waals surface area contributed by atoms with Gasteiger partial charge in [0.05, 0.1) is 19.8 Å². The third kappa shape index (κ3) is 51.5. The van der Waals surface area contributed by atoms with Gasteiger partial charge >= 0.3 is 5.71 Å². The molecule has 0 aromatic rings. The zero-order valence-electron chi connectivity index (χ0n) is 42.9. The average molecular weight is 933 g/mol. The van der Waals surface area contributed by atoms with Crippen LogP contribution in [0, 0.1) is 0 Å². The molecule has 0 amide bonds. The predicted octanol–water partition coefficient (Wildman–Crippen LogP) is 20.4. The van der Waals surface area contributed by atoms with Crippen molar-refractivity contribution in [3.8, 4) is 0 Å². The molecule has 0 saturated heterocycles. The topological polar surface area (TPSA) is 55.4 Å². The van der Waals surface area contributed by atoms with Crippen LogP contribution in [0.3, 0.4) is 0 Å². The molecule has 0 aromatic heterocycles. The highest BCUT2D eigenvalue weighted by Crippen LogP contribution is 2.30. The molecule has 0 fully saturated rings. The molecule has 63 heavy (non-hydrogen) atoms. The van der Waals surface area contributed by atoms with E-state index in [1.54, 1.807) is 0 Å². The molecule has 1 unspecified atom stereocenters. The highest BCUT2D eigenvalue weighted by Gasteiger charge is 2.47. The fourth-order valence-corrected chi connectivity index (χ4v) is 9.16. The van der Waals surface area contributed by atoms with E-state index in [1.165, 1.54) is 270 Å². The van der Waals surface area contributed by atoms with E-state index in [0.717, 1.165) is 38.5 Å². The maximum Gasteiger partial charge on any atom is 0.545 e. The molecule has 0 aliphatic rings. The lowest BCUT2D eigenvalue weighted by Gasteiger charge is -2.19. The largest absolute Gasteiger partial charge is 0.545 e. The zero-order valence-corrected chi connectivity index (χ0v) is 44.7. The molecular formula is C55H112O6PS+. The fourth-order valence-electron chi connectivity index (χ4n) is 8.58. The number of unbranched alkanes of at least 4 members (excludes halogenated alkanes) is 45. The maximum absolute atomic E-state index is 5.68. The van der Waals surface area contributed by atoms with Crippen molar-refractivity contribution in [3.05, 3.63) is 0 Å². The van der Waals surface area contributed by atoms with Crippen molar-refractivity contribution in [2.24, 2.45) is 0 Å². The van der Waals surface area contributed by atoms with Gasteiger partial charge in [0.2, 0.25) is 0 Å². The molecule has 1 atom stereocenters. The van der Waals surface area contributed by atoms with Crippen molar-refractivity contribution in [2.45, 2.75) is 335 Å². The van der Waals surface area contributed by atoms with Crippen molar-refractivity contribution in [1.82, 2.24) is 0 Å². The molecule has 0 aliphatic heterocycles. The quantitative estimate of drug-likeness (QED) is 0.0198. The van der Waals surface area contributed by atoms with E-state index in [4.69, 9.17) is 41.1 Å². The second kappa shape index (κ2) is 56.6. The molecule has 0 bridgehead atoms. The SMILES string of the molecule is CCCCCCCCCCCCCCCCCCOOC(OOCCCCCCCCCCCCCCCCCC)(OOCCCCCCCCCCCCCCCCCC)[PH+]=S. The zero-order chi connectivity index (χ0) is 45.5. The van der Waals surface area contributed by atoms with Gasteiger partial charge in [0.1, 0.15) is 0 Å². The Kier molecular flexibility index (Phi) is 56.9. The Hall–Kier alpha value is 0.280. The standard InChI is InChI=1S/C55H111O6PS/c1-4-7-10-13-16-19-22-25-28-31-34-37-40-43-46-49-52-56-59-55(62-63,60-57-53-50-47-44-41-38-35-32-29-26-23-20-17-14-11-8-5-2)61-58-54-51-48-45-42-39-36-33-30-27-24-21-18-15-12-9-6-3/h4-54H2,1-3H3/p+1. The first-order valence-corrected chi connectivity index (χ1v) is 30.7.